The van der Waals surface area contributed by atoms with Crippen molar-refractivity contribution in [2.24, 2.45) is 5.41 Å². The van der Waals surface area contributed by atoms with Crippen molar-refractivity contribution in [3.8, 4) is 11.6 Å². The molecule has 2 heterocycles. The van der Waals surface area contributed by atoms with Gasteiger partial charge in [0, 0.05) is 43.7 Å². The first-order valence-corrected chi connectivity index (χ1v) is 15.0. The van der Waals surface area contributed by atoms with Gasteiger partial charge in [0.25, 0.3) is 0 Å². The third kappa shape index (κ3) is 9.38. The van der Waals surface area contributed by atoms with Crippen molar-refractivity contribution < 1.29 is 19.0 Å². The Kier molecular flexibility index (Phi) is 10.3. The Morgan fingerprint density at radius 1 is 0.951 bits per heavy atom. The summed E-state index contributed by atoms with van der Waals surface area (Å²) in [5.74, 6) is 0.937. The molecule has 1 aliphatic heterocycles. The number of halogens is 2. The summed E-state index contributed by atoms with van der Waals surface area (Å²) < 4.78 is 17.0. The second kappa shape index (κ2) is 13.5. The van der Waals surface area contributed by atoms with Crippen LogP contribution in [0, 0.1) is 5.41 Å². The van der Waals surface area contributed by atoms with Gasteiger partial charge in [0.2, 0.25) is 5.88 Å². The zero-order chi connectivity index (χ0) is 29.6. The minimum atomic E-state index is -0.756. The van der Waals surface area contributed by atoms with Gasteiger partial charge in [0.15, 0.2) is 0 Å². The summed E-state index contributed by atoms with van der Waals surface area (Å²) in [5.41, 5.74) is 1.08. The second-order valence-corrected chi connectivity index (χ2v) is 13.2. The van der Waals surface area contributed by atoms with Crippen molar-refractivity contribution in [2.75, 3.05) is 44.2 Å². The number of nitrogens with zero attached hydrogens (tertiary/aromatic N) is 3. The molecule has 0 saturated carbocycles. The average molecular weight is 603 g/mol. The van der Waals surface area contributed by atoms with Gasteiger partial charge in [-0.1, -0.05) is 50.0 Å². The molecule has 1 saturated heterocycles. The van der Waals surface area contributed by atoms with Crippen LogP contribution < -0.4 is 14.4 Å². The number of carbonyl (C=O) groups is 1. The van der Waals surface area contributed by atoms with Gasteiger partial charge >= 0.3 is 6.16 Å². The van der Waals surface area contributed by atoms with Crippen molar-refractivity contribution >= 4 is 45.9 Å². The van der Waals surface area contributed by atoms with Crippen LogP contribution in [0.4, 0.5) is 10.5 Å². The molecule has 0 amide bonds. The van der Waals surface area contributed by atoms with E-state index in [0.29, 0.717) is 28.6 Å². The smallest absolute Gasteiger partial charge is 0.494 e. The molecule has 0 aliphatic carbocycles. The molecule has 0 unspecified atom stereocenters. The summed E-state index contributed by atoms with van der Waals surface area (Å²) in [4.78, 5) is 21.7. The number of rotatable bonds is 10. The van der Waals surface area contributed by atoms with Crippen LogP contribution in [-0.2, 0) is 4.74 Å². The predicted octanol–water partition coefficient (Wildman–Crippen LogP) is 8.25. The summed E-state index contributed by atoms with van der Waals surface area (Å²) in [6.45, 7) is 15.6. The normalized spacial score (nSPS) is 14.8. The molecule has 222 valence electrons. The van der Waals surface area contributed by atoms with Crippen LogP contribution in [0.3, 0.4) is 0 Å². The van der Waals surface area contributed by atoms with Gasteiger partial charge in [-0.3, -0.25) is 4.90 Å². The number of hydrogen-bond donors (Lipinski definition) is 0. The van der Waals surface area contributed by atoms with E-state index < -0.39 is 11.8 Å². The van der Waals surface area contributed by atoms with Gasteiger partial charge in [-0.2, -0.15) is 0 Å². The predicted molar refractivity (Wildman–Crippen MR) is 167 cm³/mol. The van der Waals surface area contributed by atoms with Crippen molar-refractivity contribution in [3.05, 3.63) is 58.6 Å². The number of fused-ring (bicyclic) bond motifs is 1. The summed E-state index contributed by atoms with van der Waals surface area (Å²) in [7, 11) is 0. The van der Waals surface area contributed by atoms with E-state index in [2.05, 4.69) is 35.6 Å². The molecule has 0 bridgehead atoms. The maximum atomic E-state index is 12.4. The lowest BCUT2D eigenvalue weighted by atomic mass is 9.84. The summed E-state index contributed by atoms with van der Waals surface area (Å²) in [5, 5.41) is 2.16. The molecule has 1 fully saturated rings. The minimum Gasteiger partial charge on any atom is -0.494 e. The largest absolute Gasteiger partial charge is 0.515 e. The maximum Gasteiger partial charge on any atom is 0.515 e. The van der Waals surface area contributed by atoms with E-state index >= 15 is 0 Å². The average Bonchev–Trinajstić information content (AvgIpc) is 2.88. The van der Waals surface area contributed by atoms with E-state index in [1.807, 2.05) is 56.3 Å². The Morgan fingerprint density at radius 2 is 1.68 bits per heavy atom. The van der Waals surface area contributed by atoms with Crippen LogP contribution in [0.15, 0.2) is 48.5 Å². The van der Waals surface area contributed by atoms with E-state index in [9.17, 15) is 4.79 Å². The standard InChI is InChI=1S/C32H41Cl2N3O4/c1-31(2,3)22-32(4,5)41-30(38)40-28-14-12-23-11-13-24(21-26(23)35-28)39-20-7-6-15-36-16-18-37(19-17-36)27-10-8-9-25(33)29(27)34/h8-14,21H,6-7,15-20,22H2,1-5H3. The van der Waals surface area contributed by atoms with Crippen molar-refractivity contribution in [1.82, 2.24) is 9.88 Å². The van der Waals surface area contributed by atoms with Crippen molar-refractivity contribution in [2.45, 2.75) is 59.5 Å². The van der Waals surface area contributed by atoms with Crippen LogP contribution in [0.25, 0.3) is 10.9 Å². The quantitative estimate of drug-likeness (QED) is 0.171. The van der Waals surface area contributed by atoms with E-state index in [1.165, 1.54) is 0 Å². The molecular formula is C32H41Cl2N3O4. The number of benzene rings is 2. The van der Waals surface area contributed by atoms with E-state index in [1.54, 1.807) is 6.07 Å². The van der Waals surface area contributed by atoms with Crippen LogP contribution in [-0.4, -0.2) is 61.0 Å². The molecule has 0 N–H and O–H groups in total. The Balaban J connectivity index is 1.20. The van der Waals surface area contributed by atoms with Gasteiger partial charge < -0.3 is 19.1 Å². The molecule has 0 atom stereocenters. The Hall–Kier alpha value is -2.74. The lowest BCUT2D eigenvalue weighted by molar-refractivity contribution is -0.0142. The molecule has 0 radical (unpaired) electrons. The van der Waals surface area contributed by atoms with E-state index in [-0.39, 0.29) is 11.3 Å². The Bertz CT molecular complexity index is 1330. The Morgan fingerprint density at radius 3 is 2.41 bits per heavy atom. The zero-order valence-electron chi connectivity index (χ0n) is 24.7. The number of aromatic nitrogens is 1. The van der Waals surface area contributed by atoms with Crippen LogP contribution >= 0.6 is 23.2 Å². The molecule has 1 aliphatic rings. The van der Waals surface area contributed by atoms with Gasteiger partial charge in [0.05, 0.1) is 27.9 Å². The SMILES string of the molecule is CC(C)(C)CC(C)(C)OC(=O)Oc1ccc2ccc(OCCCCN3CCN(c4cccc(Cl)c4Cl)CC3)cc2n1. The lowest BCUT2D eigenvalue weighted by Gasteiger charge is -2.36. The molecule has 3 aromatic rings. The van der Waals surface area contributed by atoms with Gasteiger partial charge in [-0.05, 0) is 75.4 Å². The highest BCUT2D eigenvalue weighted by Gasteiger charge is 2.30. The third-order valence-electron chi connectivity index (χ3n) is 6.92. The Labute approximate surface area is 253 Å². The molecule has 9 heteroatoms. The molecule has 4 rings (SSSR count). The van der Waals surface area contributed by atoms with Gasteiger partial charge in [-0.15, -0.1) is 0 Å². The molecule has 7 nitrogen and oxygen atoms in total. The number of pyridine rings is 1. The lowest BCUT2D eigenvalue weighted by Crippen LogP contribution is -2.46. The summed E-state index contributed by atoms with van der Waals surface area (Å²) in [6.07, 6.45) is 1.95. The first kappa shape index (κ1) is 31.2. The van der Waals surface area contributed by atoms with Crippen LogP contribution in [0.1, 0.15) is 53.9 Å². The molecular weight excluding hydrogens is 561 g/mol. The highest BCUT2D eigenvalue weighted by Crippen LogP contribution is 2.33. The van der Waals surface area contributed by atoms with Crippen molar-refractivity contribution in [3.63, 3.8) is 0 Å². The number of anilines is 1. The first-order valence-electron chi connectivity index (χ1n) is 14.2. The van der Waals surface area contributed by atoms with Gasteiger partial charge in [-0.25, -0.2) is 9.78 Å². The van der Waals surface area contributed by atoms with Crippen molar-refractivity contribution in [1.29, 1.82) is 0 Å². The number of hydrogen-bond acceptors (Lipinski definition) is 7. The first-order chi connectivity index (χ1) is 19.4. The fourth-order valence-electron chi connectivity index (χ4n) is 5.45. The number of ether oxygens (including phenoxy) is 3. The van der Waals surface area contributed by atoms with E-state index in [0.717, 1.165) is 62.4 Å². The highest BCUT2D eigenvalue weighted by molar-refractivity contribution is 6.43. The molecule has 41 heavy (non-hydrogen) atoms. The van der Waals surface area contributed by atoms with Gasteiger partial charge in [0.1, 0.15) is 11.4 Å². The topological polar surface area (TPSA) is 64.1 Å². The minimum absolute atomic E-state index is 0.0181. The second-order valence-electron chi connectivity index (χ2n) is 12.4. The number of piperazine rings is 1. The van der Waals surface area contributed by atoms with E-state index in [4.69, 9.17) is 37.4 Å². The summed E-state index contributed by atoms with van der Waals surface area (Å²) >= 11 is 12.6. The fraction of sp³-hybridized carbons (Fsp3) is 0.500. The molecule has 1 aromatic heterocycles. The van der Waals surface area contributed by atoms with Crippen LogP contribution in [0.5, 0.6) is 11.6 Å². The monoisotopic (exact) mass is 601 g/mol. The zero-order valence-corrected chi connectivity index (χ0v) is 26.2. The molecule has 0 spiro atoms. The fourth-order valence-corrected chi connectivity index (χ4v) is 5.86. The number of carbonyl (C=O) groups excluding carboxylic acids is 1. The molecule has 2 aromatic carbocycles. The maximum absolute atomic E-state index is 12.4. The van der Waals surface area contributed by atoms with Crippen LogP contribution in [0.2, 0.25) is 10.0 Å². The third-order valence-corrected chi connectivity index (χ3v) is 7.73. The summed E-state index contributed by atoms with van der Waals surface area (Å²) in [6, 6.07) is 15.1. The number of unbranched alkanes of at least 4 members (excludes halogenated alkanes) is 1. The highest BCUT2D eigenvalue weighted by atomic mass is 35.5.